The van der Waals surface area contributed by atoms with Crippen molar-refractivity contribution >= 4 is 63.0 Å². The van der Waals surface area contributed by atoms with Gasteiger partial charge in [-0.15, -0.1) is 13.1 Å². The van der Waals surface area contributed by atoms with E-state index in [1.54, 1.807) is 15.3 Å². The zero-order chi connectivity index (χ0) is 13.5. The van der Waals surface area contributed by atoms with Crippen LogP contribution >= 0.6 is 7.59 Å². The van der Waals surface area contributed by atoms with Crippen LogP contribution in [0.5, 0.6) is 0 Å². The summed E-state index contributed by atoms with van der Waals surface area (Å²) in [5, 5.41) is 4.93. The molecular formula is C3H3N6O4PS3. The summed E-state index contributed by atoms with van der Waals surface area (Å²) in [5.41, 5.74) is 0. The van der Waals surface area contributed by atoms with Crippen molar-refractivity contribution in [3.8, 4) is 0 Å². The van der Waals surface area contributed by atoms with E-state index in [1.807, 2.05) is 0 Å². The molecule has 6 amide bonds. The average molecular weight is 314 g/mol. The van der Waals surface area contributed by atoms with E-state index < -0.39 is 25.7 Å². The van der Waals surface area contributed by atoms with Crippen LogP contribution in [0.1, 0.15) is 0 Å². The Morgan fingerprint density at radius 3 is 1.18 bits per heavy atom. The summed E-state index contributed by atoms with van der Waals surface area (Å²) in [4.78, 5) is 32.4. The Labute approximate surface area is 110 Å². The van der Waals surface area contributed by atoms with Crippen LogP contribution in [0.2, 0.25) is 0 Å². The Hall–Kier alpha value is -1.30. The van der Waals surface area contributed by atoms with E-state index in [2.05, 4.69) is 50.4 Å². The lowest BCUT2D eigenvalue weighted by Crippen LogP contribution is -2.37. The number of amides is 6. The molecule has 0 aliphatic carbocycles. The quantitative estimate of drug-likeness (QED) is 0.640. The molecule has 0 unspecified atom stereocenters. The van der Waals surface area contributed by atoms with E-state index in [4.69, 9.17) is 0 Å². The third kappa shape index (κ3) is 6.11. The molecular weight excluding hydrogens is 311 g/mol. The second-order valence-electron chi connectivity index (χ2n) is 2.13. The van der Waals surface area contributed by atoms with E-state index >= 15 is 0 Å². The highest BCUT2D eigenvalue weighted by molar-refractivity contribution is 7.60. The maximum Gasteiger partial charge on any atom is 0.363 e. The van der Waals surface area contributed by atoms with E-state index in [9.17, 15) is 18.9 Å². The number of nitrogens with one attached hydrogen (secondary N) is 3. The second-order valence-corrected chi connectivity index (χ2v) is 4.57. The number of rotatable bonds is 3. The second kappa shape index (κ2) is 7.11. The van der Waals surface area contributed by atoms with Gasteiger partial charge in [-0.2, -0.15) is 0 Å². The minimum Gasteiger partial charge on any atom is -0.253 e. The molecule has 0 aliphatic heterocycles. The summed E-state index contributed by atoms with van der Waals surface area (Å²) in [7, 11) is -4.22. The third-order valence-electron chi connectivity index (χ3n) is 1.01. The molecule has 10 nitrogen and oxygen atoms in total. The molecule has 0 atom stereocenters. The SMILES string of the molecule is O=C(N=S)NP(=O)(NC(=O)N=S)NC(=O)N=S. The van der Waals surface area contributed by atoms with Crippen LogP contribution in [0.25, 0.3) is 0 Å². The number of carbonyl (C=O) groups excluding carboxylic acids is 3. The number of carbonyl (C=O) groups is 3. The monoisotopic (exact) mass is 314 g/mol. The molecule has 3 N–H and O–H groups in total. The van der Waals surface area contributed by atoms with Crippen molar-refractivity contribution in [3.63, 3.8) is 0 Å². The largest absolute Gasteiger partial charge is 0.363 e. The Morgan fingerprint density at radius 1 is 0.765 bits per heavy atom. The number of hydrogen-bond acceptors (Lipinski definition) is 7. The van der Waals surface area contributed by atoms with Crippen LogP contribution in [-0.4, -0.2) is 18.1 Å². The van der Waals surface area contributed by atoms with Gasteiger partial charge >= 0.3 is 25.7 Å². The van der Waals surface area contributed by atoms with Crippen molar-refractivity contribution in [1.82, 2.24) is 15.3 Å². The molecule has 0 spiro atoms. The highest BCUT2D eigenvalue weighted by atomic mass is 32.1. The molecule has 14 heteroatoms. The van der Waals surface area contributed by atoms with Gasteiger partial charge < -0.3 is 0 Å². The fraction of sp³-hybridized carbons (Fsp3) is 0. The average Bonchev–Trinajstić information content (AvgIpc) is 2.27. The molecule has 0 fully saturated rings. The Bertz CT molecular complexity index is 376. The van der Waals surface area contributed by atoms with Crippen LogP contribution < -0.4 is 15.3 Å². The van der Waals surface area contributed by atoms with Crippen LogP contribution in [0, 0.1) is 0 Å². The normalized spacial score (nSPS) is 9.65. The molecule has 0 aliphatic rings. The van der Waals surface area contributed by atoms with Gasteiger partial charge in [0.25, 0.3) is 0 Å². The number of hydrogen-bond donors (Lipinski definition) is 3. The van der Waals surface area contributed by atoms with E-state index in [1.165, 1.54) is 0 Å². The molecule has 0 rings (SSSR count). The Morgan fingerprint density at radius 2 is 1.00 bits per heavy atom. The first kappa shape index (κ1) is 15.7. The summed E-state index contributed by atoms with van der Waals surface area (Å²) in [5.74, 6) is 0. The Kier molecular flexibility index (Phi) is 6.57. The molecule has 0 saturated heterocycles. The first-order valence-corrected chi connectivity index (χ1v) is 6.24. The summed E-state index contributed by atoms with van der Waals surface area (Å²) in [6, 6.07) is -3.67. The lowest BCUT2D eigenvalue weighted by molar-refractivity contribution is 0.251. The molecule has 17 heavy (non-hydrogen) atoms. The van der Waals surface area contributed by atoms with Gasteiger partial charge in [-0.05, 0) is 0 Å². The fourth-order valence-electron chi connectivity index (χ4n) is 0.549. The van der Waals surface area contributed by atoms with E-state index in [-0.39, 0.29) is 0 Å². The van der Waals surface area contributed by atoms with Gasteiger partial charge in [-0.3, -0.25) is 15.3 Å². The molecule has 0 aromatic heterocycles. The molecule has 0 aromatic rings. The third-order valence-corrected chi connectivity index (χ3v) is 3.02. The lowest BCUT2D eigenvalue weighted by Gasteiger charge is -2.16. The van der Waals surface area contributed by atoms with Crippen molar-refractivity contribution in [2.45, 2.75) is 0 Å². The van der Waals surface area contributed by atoms with Crippen molar-refractivity contribution in [2.24, 2.45) is 13.1 Å². The molecule has 92 valence electrons. The zero-order valence-electron chi connectivity index (χ0n) is 7.65. The van der Waals surface area contributed by atoms with Gasteiger partial charge in [0, 0.05) is 37.3 Å². The number of urea groups is 3. The van der Waals surface area contributed by atoms with E-state index in [0.717, 1.165) is 0 Å². The van der Waals surface area contributed by atoms with Crippen molar-refractivity contribution in [3.05, 3.63) is 0 Å². The topological polar surface area (TPSA) is 141 Å². The predicted octanol–water partition coefficient (Wildman–Crippen LogP) is 0.415. The van der Waals surface area contributed by atoms with Crippen molar-refractivity contribution < 1.29 is 18.9 Å². The van der Waals surface area contributed by atoms with Crippen LogP contribution in [-0.2, 0) is 41.8 Å². The van der Waals surface area contributed by atoms with E-state index in [0.29, 0.717) is 0 Å². The fourth-order valence-corrected chi connectivity index (χ4v) is 2.01. The maximum absolute atomic E-state index is 11.8. The number of nitrogens with zero attached hydrogens (tertiary/aromatic N) is 3. The molecule has 0 saturated carbocycles. The summed E-state index contributed by atoms with van der Waals surface area (Å²) >= 11 is 12.0. The molecule has 0 aromatic carbocycles. The van der Waals surface area contributed by atoms with Crippen molar-refractivity contribution in [2.75, 3.05) is 0 Å². The lowest BCUT2D eigenvalue weighted by atomic mass is 11.2. The highest BCUT2D eigenvalue weighted by Crippen LogP contribution is 2.30. The first-order chi connectivity index (χ1) is 7.86. The van der Waals surface area contributed by atoms with Gasteiger partial charge in [0.1, 0.15) is 0 Å². The van der Waals surface area contributed by atoms with Crippen LogP contribution in [0.3, 0.4) is 0 Å². The van der Waals surface area contributed by atoms with Gasteiger partial charge in [0.05, 0.1) is 0 Å². The molecule has 0 bridgehead atoms. The maximum atomic E-state index is 11.8. The van der Waals surface area contributed by atoms with Gasteiger partial charge in [-0.25, -0.2) is 18.9 Å². The smallest absolute Gasteiger partial charge is 0.253 e. The van der Waals surface area contributed by atoms with Gasteiger partial charge in [0.2, 0.25) is 0 Å². The zero-order valence-corrected chi connectivity index (χ0v) is 11.0. The van der Waals surface area contributed by atoms with Crippen molar-refractivity contribution in [1.29, 1.82) is 0 Å². The summed E-state index contributed by atoms with van der Waals surface area (Å²) < 4.78 is 19.9. The minimum absolute atomic E-state index is 1.22. The summed E-state index contributed by atoms with van der Waals surface area (Å²) in [6.07, 6.45) is 0. The standard InChI is InChI=1S/C3H3N6O4PS3/c10-1(7-15)4-14(13,5-2(11)8-16)6-3(12)9-17/h(H3,4,5,6,10,11,12,13). The first-order valence-electron chi connectivity index (χ1n) is 3.43. The van der Waals surface area contributed by atoms with Gasteiger partial charge in [0.15, 0.2) is 0 Å². The van der Waals surface area contributed by atoms with Crippen LogP contribution in [0.15, 0.2) is 13.1 Å². The van der Waals surface area contributed by atoms with Gasteiger partial charge in [-0.1, -0.05) is 0 Å². The minimum atomic E-state index is -4.22. The molecule has 0 heterocycles. The highest BCUT2D eigenvalue weighted by Gasteiger charge is 2.29. The molecule has 0 radical (unpaired) electrons. The summed E-state index contributed by atoms with van der Waals surface area (Å²) in [6.45, 7) is 0. The van der Waals surface area contributed by atoms with Crippen LogP contribution in [0.4, 0.5) is 14.4 Å². The Balaban J connectivity index is 4.98. The predicted molar refractivity (Wildman–Crippen MR) is 62.6 cm³/mol.